The van der Waals surface area contributed by atoms with Gasteiger partial charge >= 0.3 is 0 Å². The summed E-state index contributed by atoms with van der Waals surface area (Å²) in [6.45, 7) is 4.13. The summed E-state index contributed by atoms with van der Waals surface area (Å²) < 4.78 is 0. The molecule has 0 heterocycles. The van der Waals surface area contributed by atoms with Crippen molar-refractivity contribution in [2.75, 3.05) is 0 Å². The monoisotopic (exact) mass is 349 g/mol. The molecule has 1 amide bonds. The Kier molecular flexibility index (Phi) is 6.49. The van der Waals surface area contributed by atoms with Gasteiger partial charge in [-0.2, -0.15) is 0 Å². The molecule has 0 saturated heterocycles. The summed E-state index contributed by atoms with van der Waals surface area (Å²) in [5.41, 5.74) is 3.29. The smallest absolute Gasteiger partial charge is 0.220 e. The molecular formula is C19H21Cl2NO. The van der Waals surface area contributed by atoms with E-state index < -0.39 is 0 Å². The fourth-order valence-corrected chi connectivity index (χ4v) is 2.96. The van der Waals surface area contributed by atoms with Gasteiger partial charge in [-0.3, -0.25) is 4.79 Å². The van der Waals surface area contributed by atoms with Crippen molar-refractivity contribution >= 4 is 29.1 Å². The molecule has 0 fully saturated rings. The number of halogens is 2. The van der Waals surface area contributed by atoms with Gasteiger partial charge in [0.15, 0.2) is 0 Å². The number of hydrogen-bond acceptors (Lipinski definition) is 1. The normalized spacial score (nSPS) is 12.0. The molecule has 1 N–H and O–H groups in total. The molecule has 0 bridgehead atoms. The maximum Gasteiger partial charge on any atom is 0.220 e. The minimum atomic E-state index is 0.0310. The van der Waals surface area contributed by atoms with Gasteiger partial charge in [0.25, 0.3) is 0 Å². The Labute approximate surface area is 147 Å². The predicted octanol–water partition coefficient (Wildman–Crippen LogP) is 5.50. The molecule has 0 radical (unpaired) electrons. The molecule has 0 unspecified atom stereocenters. The van der Waals surface area contributed by atoms with Crippen molar-refractivity contribution in [3.8, 4) is 0 Å². The van der Waals surface area contributed by atoms with Gasteiger partial charge in [0.1, 0.15) is 0 Å². The fraction of sp³-hybridized carbons (Fsp3) is 0.316. The molecule has 2 nitrogen and oxygen atoms in total. The largest absolute Gasteiger partial charge is 0.349 e. The van der Waals surface area contributed by atoms with Gasteiger partial charge in [0.05, 0.1) is 6.04 Å². The van der Waals surface area contributed by atoms with E-state index in [0.717, 1.165) is 17.5 Å². The van der Waals surface area contributed by atoms with Gasteiger partial charge in [-0.25, -0.2) is 0 Å². The summed E-state index contributed by atoms with van der Waals surface area (Å²) in [4.78, 5) is 12.2. The summed E-state index contributed by atoms with van der Waals surface area (Å²) in [6.07, 6.45) is 1.87. The third-order valence-corrected chi connectivity index (χ3v) is 4.45. The lowest BCUT2D eigenvalue weighted by Crippen LogP contribution is -2.28. The highest BCUT2D eigenvalue weighted by atomic mass is 35.5. The zero-order valence-electron chi connectivity index (χ0n) is 13.4. The summed E-state index contributed by atoms with van der Waals surface area (Å²) in [5, 5.41) is 4.31. The van der Waals surface area contributed by atoms with Gasteiger partial charge < -0.3 is 5.32 Å². The van der Waals surface area contributed by atoms with Crippen LogP contribution in [0.5, 0.6) is 0 Å². The first-order valence-electron chi connectivity index (χ1n) is 7.79. The summed E-state index contributed by atoms with van der Waals surface area (Å²) in [7, 11) is 0. The van der Waals surface area contributed by atoms with Crippen LogP contribution in [0.4, 0.5) is 0 Å². The minimum Gasteiger partial charge on any atom is -0.349 e. The molecule has 2 aromatic rings. The number of amides is 1. The van der Waals surface area contributed by atoms with Gasteiger partial charge in [0, 0.05) is 16.5 Å². The van der Waals surface area contributed by atoms with Crippen molar-refractivity contribution in [2.24, 2.45) is 0 Å². The van der Waals surface area contributed by atoms with E-state index in [2.05, 4.69) is 43.4 Å². The van der Waals surface area contributed by atoms with E-state index in [9.17, 15) is 4.79 Å². The van der Waals surface area contributed by atoms with E-state index in [4.69, 9.17) is 23.2 Å². The molecule has 0 aromatic heterocycles. The van der Waals surface area contributed by atoms with E-state index >= 15 is 0 Å². The van der Waals surface area contributed by atoms with Gasteiger partial charge in [-0.05, 0) is 43.0 Å². The van der Waals surface area contributed by atoms with Crippen LogP contribution in [0.2, 0.25) is 10.0 Å². The molecule has 2 rings (SSSR count). The molecule has 0 aliphatic heterocycles. The number of benzene rings is 2. The van der Waals surface area contributed by atoms with Crippen LogP contribution in [0.3, 0.4) is 0 Å². The maximum absolute atomic E-state index is 12.2. The molecule has 0 aliphatic carbocycles. The van der Waals surface area contributed by atoms with Crippen molar-refractivity contribution in [2.45, 2.75) is 39.2 Å². The zero-order chi connectivity index (χ0) is 16.8. The third kappa shape index (κ3) is 5.26. The molecule has 0 spiro atoms. The molecule has 2 aromatic carbocycles. The van der Waals surface area contributed by atoms with Crippen LogP contribution < -0.4 is 5.32 Å². The average molecular weight is 350 g/mol. The molecule has 0 saturated carbocycles. The lowest BCUT2D eigenvalue weighted by atomic mass is 10.0. The molecule has 1 atom stereocenters. The predicted molar refractivity (Wildman–Crippen MR) is 97.1 cm³/mol. The number of carbonyl (C=O) groups is 1. The van der Waals surface area contributed by atoms with Crippen molar-refractivity contribution < 1.29 is 4.79 Å². The highest BCUT2D eigenvalue weighted by Gasteiger charge is 2.13. The fourth-order valence-electron chi connectivity index (χ4n) is 2.46. The standard InChI is InChI=1S/C19H21Cl2NO/c1-3-18(15-6-4-13(2)5-7-15)22-19(23)11-9-14-8-10-16(20)12-17(14)21/h4-8,10,12,18H,3,9,11H2,1-2H3,(H,22,23)/t18-/m0/s1. The highest BCUT2D eigenvalue weighted by Crippen LogP contribution is 2.22. The zero-order valence-corrected chi connectivity index (χ0v) is 14.9. The van der Waals surface area contributed by atoms with Crippen LogP contribution in [0, 0.1) is 6.92 Å². The first-order valence-corrected chi connectivity index (χ1v) is 8.55. The van der Waals surface area contributed by atoms with Crippen LogP contribution in [0.1, 0.15) is 42.5 Å². The topological polar surface area (TPSA) is 29.1 Å². The average Bonchev–Trinajstić information content (AvgIpc) is 2.52. The summed E-state index contributed by atoms with van der Waals surface area (Å²) >= 11 is 12.0. The van der Waals surface area contributed by atoms with Crippen molar-refractivity contribution in [3.63, 3.8) is 0 Å². The Bertz CT molecular complexity index is 668. The lowest BCUT2D eigenvalue weighted by Gasteiger charge is -2.18. The van der Waals surface area contributed by atoms with E-state index in [0.29, 0.717) is 22.9 Å². The van der Waals surface area contributed by atoms with Crippen molar-refractivity contribution in [1.82, 2.24) is 5.32 Å². The third-order valence-electron chi connectivity index (χ3n) is 3.86. The van der Waals surface area contributed by atoms with Gasteiger partial charge in [-0.15, -0.1) is 0 Å². The van der Waals surface area contributed by atoms with E-state index in [1.165, 1.54) is 5.56 Å². The quantitative estimate of drug-likeness (QED) is 0.732. The maximum atomic E-state index is 12.2. The highest BCUT2D eigenvalue weighted by molar-refractivity contribution is 6.35. The van der Waals surface area contributed by atoms with Gasteiger partial charge in [0.2, 0.25) is 5.91 Å². The number of hydrogen-bond donors (Lipinski definition) is 1. The van der Waals surface area contributed by atoms with Crippen LogP contribution in [-0.4, -0.2) is 5.91 Å². The molecule has 4 heteroatoms. The number of carbonyl (C=O) groups excluding carboxylic acids is 1. The second-order valence-corrected chi connectivity index (χ2v) is 6.52. The Morgan fingerprint density at radius 2 is 1.83 bits per heavy atom. The molecule has 122 valence electrons. The second kappa shape index (κ2) is 8.37. The van der Waals surface area contributed by atoms with Crippen LogP contribution in [-0.2, 0) is 11.2 Å². The summed E-state index contributed by atoms with van der Waals surface area (Å²) in [6, 6.07) is 13.7. The first-order chi connectivity index (χ1) is 11.0. The van der Waals surface area contributed by atoms with E-state index in [-0.39, 0.29) is 11.9 Å². The number of nitrogens with one attached hydrogen (secondary N) is 1. The first kappa shape index (κ1) is 17.8. The Morgan fingerprint density at radius 1 is 1.13 bits per heavy atom. The Balaban J connectivity index is 1.93. The molecular weight excluding hydrogens is 329 g/mol. The van der Waals surface area contributed by atoms with E-state index in [1.54, 1.807) is 12.1 Å². The lowest BCUT2D eigenvalue weighted by molar-refractivity contribution is -0.121. The summed E-state index contributed by atoms with van der Waals surface area (Å²) in [5.74, 6) is 0.0310. The molecule has 23 heavy (non-hydrogen) atoms. The number of rotatable bonds is 6. The molecule has 0 aliphatic rings. The van der Waals surface area contributed by atoms with E-state index in [1.807, 2.05) is 6.07 Å². The SMILES string of the molecule is CC[C@H](NC(=O)CCc1ccc(Cl)cc1Cl)c1ccc(C)cc1. The van der Waals surface area contributed by atoms with Gasteiger partial charge in [-0.1, -0.05) is 66.0 Å². The van der Waals surface area contributed by atoms with Crippen LogP contribution in [0.25, 0.3) is 0 Å². The minimum absolute atomic E-state index is 0.0310. The number of aryl methyl sites for hydroxylation is 2. The van der Waals surface area contributed by atoms with Crippen LogP contribution in [0.15, 0.2) is 42.5 Å². The van der Waals surface area contributed by atoms with Crippen molar-refractivity contribution in [1.29, 1.82) is 0 Å². The van der Waals surface area contributed by atoms with Crippen LogP contribution >= 0.6 is 23.2 Å². The van der Waals surface area contributed by atoms with Crippen molar-refractivity contribution in [3.05, 3.63) is 69.2 Å². The second-order valence-electron chi connectivity index (χ2n) is 5.67. The Morgan fingerprint density at radius 3 is 2.43 bits per heavy atom. The Hall–Kier alpha value is -1.51.